The smallest absolute Gasteiger partial charge is 0.305 e. The summed E-state index contributed by atoms with van der Waals surface area (Å²) >= 11 is 0. The molecule has 0 saturated carbocycles. The van der Waals surface area contributed by atoms with Gasteiger partial charge < -0.3 is 15.7 Å². The fourth-order valence-electron chi connectivity index (χ4n) is 3.51. The number of carboxylic acid groups (broad SMARTS) is 1. The number of benzene rings is 2. The molecule has 6 nitrogen and oxygen atoms in total. The number of rotatable bonds is 9. The van der Waals surface area contributed by atoms with Gasteiger partial charge >= 0.3 is 5.97 Å². The van der Waals surface area contributed by atoms with Crippen molar-refractivity contribution in [2.75, 3.05) is 11.9 Å². The molecule has 1 amide bonds. The molecule has 6 heteroatoms. The Bertz CT molecular complexity index is 1060. The Morgan fingerprint density at radius 2 is 1.81 bits per heavy atom. The summed E-state index contributed by atoms with van der Waals surface area (Å²) in [4.78, 5) is 27.4. The van der Waals surface area contributed by atoms with Gasteiger partial charge in [0.05, 0.1) is 29.9 Å². The molecule has 31 heavy (non-hydrogen) atoms. The Morgan fingerprint density at radius 3 is 2.48 bits per heavy atom. The molecule has 0 aliphatic heterocycles. The quantitative estimate of drug-likeness (QED) is 0.457. The van der Waals surface area contributed by atoms with Gasteiger partial charge in [0.2, 0.25) is 0 Å². The number of carbonyl (C=O) groups excluding carboxylic acids is 1. The molecule has 0 spiro atoms. The minimum Gasteiger partial charge on any atom is -0.481 e. The van der Waals surface area contributed by atoms with E-state index in [0.717, 1.165) is 28.6 Å². The fourth-order valence-corrected chi connectivity index (χ4v) is 3.51. The molecule has 0 fully saturated rings. The predicted octanol–water partition coefficient (Wildman–Crippen LogP) is 4.95. The number of fused-ring (bicyclic) bond motifs is 1. The number of amides is 1. The van der Waals surface area contributed by atoms with Crippen molar-refractivity contribution in [3.8, 4) is 0 Å². The first-order valence-corrected chi connectivity index (χ1v) is 10.5. The lowest BCUT2D eigenvalue weighted by molar-refractivity contribution is -0.136. The molecule has 0 unspecified atom stereocenters. The van der Waals surface area contributed by atoms with Gasteiger partial charge in [-0.3, -0.25) is 14.6 Å². The first kappa shape index (κ1) is 22.3. The number of pyridine rings is 1. The van der Waals surface area contributed by atoms with Crippen LogP contribution in [0.4, 0.5) is 5.69 Å². The maximum absolute atomic E-state index is 12.2. The highest BCUT2D eigenvalue weighted by atomic mass is 16.4. The van der Waals surface area contributed by atoms with Crippen molar-refractivity contribution in [2.24, 2.45) is 5.92 Å². The maximum atomic E-state index is 12.2. The van der Waals surface area contributed by atoms with Gasteiger partial charge in [0.25, 0.3) is 5.91 Å². The number of aliphatic carboxylic acids is 1. The summed E-state index contributed by atoms with van der Waals surface area (Å²) in [7, 11) is 0. The van der Waals surface area contributed by atoms with Gasteiger partial charge in [0.1, 0.15) is 0 Å². The molecule has 3 aromatic rings. The van der Waals surface area contributed by atoms with Crippen LogP contribution >= 0.6 is 0 Å². The largest absolute Gasteiger partial charge is 0.481 e. The molecule has 3 rings (SSSR count). The molecule has 0 saturated heterocycles. The van der Waals surface area contributed by atoms with E-state index < -0.39 is 5.97 Å². The van der Waals surface area contributed by atoms with E-state index in [4.69, 9.17) is 5.11 Å². The summed E-state index contributed by atoms with van der Waals surface area (Å²) in [6.45, 7) is 6.53. The van der Waals surface area contributed by atoms with Crippen LogP contribution in [-0.4, -0.2) is 28.5 Å². The van der Waals surface area contributed by atoms with Crippen LogP contribution in [0.5, 0.6) is 0 Å². The second kappa shape index (κ2) is 10.1. The minimum absolute atomic E-state index is 0.0776. The first-order valence-electron chi connectivity index (χ1n) is 10.5. The number of hydrogen-bond acceptors (Lipinski definition) is 4. The van der Waals surface area contributed by atoms with Crippen molar-refractivity contribution in [2.45, 2.75) is 39.7 Å². The van der Waals surface area contributed by atoms with E-state index in [2.05, 4.69) is 60.7 Å². The molecule has 1 heterocycles. The first-order chi connectivity index (χ1) is 14.8. The van der Waals surface area contributed by atoms with E-state index in [1.54, 1.807) is 12.1 Å². The summed E-state index contributed by atoms with van der Waals surface area (Å²) in [5.41, 5.74) is 4.71. The normalized spacial score (nSPS) is 12.0. The van der Waals surface area contributed by atoms with Crippen LogP contribution in [0.25, 0.3) is 10.9 Å². The molecule has 0 bridgehead atoms. The molecular formula is C25H29N3O3. The number of carboxylic acids is 1. The Hall–Kier alpha value is -3.41. The fraction of sp³-hybridized carbons (Fsp3) is 0.320. The number of carbonyl (C=O) groups is 2. The van der Waals surface area contributed by atoms with E-state index in [9.17, 15) is 9.59 Å². The van der Waals surface area contributed by atoms with Crippen LogP contribution in [0.3, 0.4) is 0 Å². The number of aromatic nitrogens is 1. The van der Waals surface area contributed by atoms with E-state index in [0.29, 0.717) is 11.5 Å². The lowest BCUT2D eigenvalue weighted by Gasteiger charge is -2.22. The molecule has 0 aliphatic rings. The standard InChI is InChI=1S/C25H29N3O3/c1-16(2)12-23(28-21-14-20-5-4-17(3)13-22(20)27-15-21)18-6-8-19(9-7-18)25(31)26-11-10-24(29)30/h4-9,13-16,23,28H,10-12H2,1-3H3,(H,26,31)(H,29,30)/t23-/m1/s1. The predicted molar refractivity (Wildman–Crippen MR) is 123 cm³/mol. The third-order valence-corrected chi connectivity index (χ3v) is 5.09. The molecule has 0 radical (unpaired) electrons. The molecule has 1 aromatic heterocycles. The van der Waals surface area contributed by atoms with Gasteiger partial charge in [0.15, 0.2) is 0 Å². The lowest BCUT2D eigenvalue weighted by Crippen LogP contribution is -2.26. The second-order valence-corrected chi connectivity index (χ2v) is 8.27. The summed E-state index contributed by atoms with van der Waals surface area (Å²) in [6.07, 6.45) is 2.69. The third kappa shape index (κ3) is 6.28. The van der Waals surface area contributed by atoms with E-state index >= 15 is 0 Å². The molecular weight excluding hydrogens is 390 g/mol. The SMILES string of the molecule is Cc1ccc2cc(N[C@H](CC(C)C)c3ccc(C(=O)NCCC(=O)O)cc3)cnc2c1. The zero-order valence-electron chi connectivity index (χ0n) is 18.2. The molecule has 162 valence electrons. The van der Waals surface area contributed by atoms with Gasteiger partial charge in [-0.15, -0.1) is 0 Å². The van der Waals surface area contributed by atoms with Gasteiger partial charge in [-0.25, -0.2) is 0 Å². The van der Waals surface area contributed by atoms with Crippen LogP contribution in [-0.2, 0) is 4.79 Å². The monoisotopic (exact) mass is 419 g/mol. The third-order valence-electron chi connectivity index (χ3n) is 5.09. The Kier molecular flexibility index (Phi) is 7.23. The Balaban J connectivity index is 1.75. The highest BCUT2D eigenvalue weighted by Gasteiger charge is 2.15. The highest BCUT2D eigenvalue weighted by molar-refractivity contribution is 5.94. The summed E-state index contributed by atoms with van der Waals surface area (Å²) in [5, 5.41) is 16.0. The number of nitrogens with zero attached hydrogens (tertiary/aromatic N) is 1. The van der Waals surface area contributed by atoms with Crippen molar-refractivity contribution in [1.82, 2.24) is 10.3 Å². The van der Waals surface area contributed by atoms with Crippen molar-refractivity contribution in [1.29, 1.82) is 0 Å². The minimum atomic E-state index is -0.934. The van der Waals surface area contributed by atoms with Crippen LogP contribution < -0.4 is 10.6 Å². The average Bonchev–Trinajstić information content (AvgIpc) is 2.73. The number of nitrogens with one attached hydrogen (secondary N) is 2. The van der Waals surface area contributed by atoms with E-state index in [1.807, 2.05) is 18.3 Å². The van der Waals surface area contributed by atoms with Crippen molar-refractivity contribution in [3.63, 3.8) is 0 Å². The summed E-state index contributed by atoms with van der Waals surface area (Å²) < 4.78 is 0. The average molecular weight is 420 g/mol. The van der Waals surface area contributed by atoms with E-state index in [-0.39, 0.29) is 24.9 Å². The van der Waals surface area contributed by atoms with Crippen molar-refractivity contribution in [3.05, 3.63) is 71.4 Å². The number of aryl methyl sites for hydroxylation is 1. The molecule has 1 atom stereocenters. The molecule has 2 aromatic carbocycles. The number of hydrogen-bond donors (Lipinski definition) is 3. The molecule has 0 aliphatic carbocycles. The topological polar surface area (TPSA) is 91.3 Å². The number of anilines is 1. The highest BCUT2D eigenvalue weighted by Crippen LogP contribution is 2.27. The molecule has 3 N–H and O–H groups in total. The Labute approximate surface area is 182 Å². The van der Waals surface area contributed by atoms with Gasteiger partial charge in [-0.05, 0) is 54.7 Å². The van der Waals surface area contributed by atoms with Crippen LogP contribution in [0.1, 0.15) is 54.2 Å². The van der Waals surface area contributed by atoms with Crippen LogP contribution in [0.15, 0.2) is 54.7 Å². The second-order valence-electron chi connectivity index (χ2n) is 8.27. The Morgan fingerprint density at radius 1 is 1.06 bits per heavy atom. The van der Waals surface area contributed by atoms with Crippen molar-refractivity contribution >= 4 is 28.5 Å². The van der Waals surface area contributed by atoms with Crippen LogP contribution in [0, 0.1) is 12.8 Å². The van der Waals surface area contributed by atoms with Crippen molar-refractivity contribution < 1.29 is 14.7 Å². The maximum Gasteiger partial charge on any atom is 0.305 e. The summed E-state index contributed by atoms with van der Waals surface area (Å²) in [6, 6.07) is 15.9. The van der Waals surface area contributed by atoms with Crippen LogP contribution in [0.2, 0.25) is 0 Å². The van der Waals surface area contributed by atoms with Gasteiger partial charge in [0, 0.05) is 17.5 Å². The lowest BCUT2D eigenvalue weighted by atomic mass is 9.95. The summed E-state index contributed by atoms with van der Waals surface area (Å²) in [5.74, 6) is -0.723. The zero-order valence-corrected chi connectivity index (χ0v) is 18.2. The van der Waals surface area contributed by atoms with E-state index in [1.165, 1.54) is 5.56 Å². The van der Waals surface area contributed by atoms with Gasteiger partial charge in [-0.1, -0.05) is 38.1 Å². The van der Waals surface area contributed by atoms with Gasteiger partial charge in [-0.2, -0.15) is 0 Å². The zero-order chi connectivity index (χ0) is 22.4.